The molecule has 19 heavy (non-hydrogen) atoms. The van der Waals surface area contributed by atoms with Crippen LogP contribution in [0.25, 0.3) is 0 Å². The van der Waals surface area contributed by atoms with E-state index in [9.17, 15) is 9.59 Å². The van der Waals surface area contributed by atoms with E-state index in [-0.39, 0.29) is 11.7 Å². The van der Waals surface area contributed by atoms with Crippen LogP contribution in [0.15, 0.2) is 18.2 Å². The first-order chi connectivity index (χ1) is 9.17. The van der Waals surface area contributed by atoms with Gasteiger partial charge in [0.2, 0.25) is 5.91 Å². The van der Waals surface area contributed by atoms with Crippen molar-refractivity contribution in [3.63, 3.8) is 0 Å². The molecule has 1 aliphatic rings. The summed E-state index contributed by atoms with van der Waals surface area (Å²) >= 11 is 0. The molecule has 0 bridgehead atoms. The standard InChI is InChI=1S/C15H20N2O2/c1-2-3-15(19)17-9-7-11-10-12(4-5-13(11)17)14(18)6-8-16/h4-5,10H,2-3,6-9,16H2,1H3. The van der Waals surface area contributed by atoms with E-state index >= 15 is 0 Å². The summed E-state index contributed by atoms with van der Waals surface area (Å²) in [7, 11) is 0. The van der Waals surface area contributed by atoms with Crippen molar-refractivity contribution in [1.29, 1.82) is 0 Å². The minimum absolute atomic E-state index is 0.0728. The van der Waals surface area contributed by atoms with Crippen LogP contribution in [0.5, 0.6) is 0 Å². The third-order valence-electron chi connectivity index (χ3n) is 3.43. The van der Waals surface area contributed by atoms with Crippen LogP contribution < -0.4 is 10.6 Å². The lowest BCUT2D eigenvalue weighted by Gasteiger charge is -2.17. The lowest BCUT2D eigenvalue weighted by atomic mass is 10.0. The van der Waals surface area contributed by atoms with Gasteiger partial charge in [0.15, 0.2) is 5.78 Å². The summed E-state index contributed by atoms with van der Waals surface area (Å²) in [5.41, 5.74) is 8.15. The molecular weight excluding hydrogens is 240 g/mol. The Bertz CT molecular complexity index is 497. The molecule has 0 unspecified atom stereocenters. The summed E-state index contributed by atoms with van der Waals surface area (Å²) < 4.78 is 0. The highest BCUT2D eigenvalue weighted by Crippen LogP contribution is 2.29. The minimum atomic E-state index is 0.0728. The highest BCUT2D eigenvalue weighted by Gasteiger charge is 2.24. The molecule has 0 aromatic heterocycles. The Balaban J connectivity index is 2.20. The fourth-order valence-corrected chi connectivity index (χ4v) is 2.46. The average Bonchev–Trinajstić information content (AvgIpc) is 2.82. The van der Waals surface area contributed by atoms with Gasteiger partial charge < -0.3 is 10.6 Å². The van der Waals surface area contributed by atoms with E-state index in [0.29, 0.717) is 24.9 Å². The van der Waals surface area contributed by atoms with Crippen LogP contribution in [0.4, 0.5) is 5.69 Å². The molecule has 0 radical (unpaired) electrons. The summed E-state index contributed by atoms with van der Waals surface area (Å²) in [6, 6.07) is 5.60. The highest BCUT2D eigenvalue weighted by molar-refractivity contribution is 5.99. The quantitative estimate of drug-likeness (QED) is 0.822. The summed E-state index contributed by atoms with van der Waals surface area (Å²) in [6.07, 6.45) is 2.64. The maximum absolute atomic E-state index is 12.0. The van der Waals surface area contributed by atoms with Crippen molar-refractivity contribution >= 4 is 17.4 Å². The number of rotatable bonds is 5. The second-order valence-electron chi connectivity index (χ2n) is 4.85. The minimum Gasteiger partial charge on any atom is -0.330 e. The fraction of sp³-hybridized carbons (Fsp3) is 0.467. The number of carbonyl (C=O) groups is 2. The molecule has 102 valence electrons. The summed E-state index contributed by atoms with van der Waals surface area (Å²) in [4.78, 5) is 25.6. The van der Waals surface area contributed by atoms with Gasteiger partial charge in [-0.25, -0.2) is 0 Å². The molecule has 0 aliphatic carbocycles. The lowest BCUT2D eigenvalue weighted by molar-refractivity contribution is -0.118. The van der Waals surface area contributed by atoms with Gasteiger partial charge in [0, 0.05) is 30.6 Å². The number of hydrogen-bond acceptors (Lipinski definition) is 3. The number of nitrogens with two attached hydrogens (primary N) is 1. The Labute approximate surface area is 113 Å². The molecule has 1 amide bonds. The van der Waals surface area contributed by atoms with Crippen LogP contribution in [0.2, 0.25) is 0 Å². The van der Waals surface area contributed by atoms with Gasteiger partial charge in [-0.1, -0.05) is 6.92 Å². The number of nitrogens with zero attached hydrogens (tertiary/aromatic N) is 1. The Morgan fingerprint density at radius 1 is 1.32 bits per heavy atom. The van der Waals surface area contributed by atoms with Crippen molar-refractivity contribution in [2.24, 2.45) is 5.73 Å². The van der Waals surface area contributed by atoms with E-state index in [0.717, 1.165) is 30.6 Å². The van der Waals surface area contributed by atoms with E-state index in [4.69, 9.17) is 5.73 Å². The van der Waals surface area contributed by atoms with Crippen LogP contribution in [0, 0.1) is 0 Å². The molecule has 0 saturated heterocycles. The van der Waals surface area contributed by atoms with E-state index in [1.165, 1.54) is 0 Å². The first kappa shape index (κ1) is 13.7. The van der Waals surface area contributed by atoms with E-state index in [1.807, 2.05) is 24.0 Å². The Morgan fingerprint density at radius 3 is 2.79 bits per heavy atom. The number of benzene rings is 1. The summed E-state index contributed by atoms with van der Waals surface area (Å²) in [6.45, 7) is 3.10. The highest BCUT2D eigenvalue weighted by atomic mass is 16.2. The second kappa shape index (κ2) is 5.97. The van der Waals surface area contributed by atoms with Crippen molar-refractivity contribution in [2.75, 3.05) is 18.0 Å². The topological polar surface area (TPSA) is 63.4 Å². The zero-order valence-corrected chi connectivity index (χ0v) is 11.3. The monoisotopic (exact) mass is 260 g/mol. The molecule has 0 fully saturated rings. The van der Waals surface area contributed by atoms with Gasteiger partial charge in [0.05, 0.1) is 0 Å². The molecule has 1 aliphatic heterocycles. The van der Waals surface area contributed by atoms with Crippen LogP contribution in [0.3, 0.4) is 0 Å². The molecule has 4 nitrogen and oxygen atoms in total. The predicted molar refractivity (Wildman–Crippen MR) is 75.4 cm³/mol. The zero-order chi connectivity index (χ0) is 13.8. The number of hydrogen-bond donors (Lipinski definition) is 1. The Morgan fingerprint density at radius 2 is 2.11 bits per heavy atom. The van der Waals surface area contributed by atoms with Gasteiger partial charge in [-0.2, -0.15) is 0 Å². The molecule has 0 spiro atoms. The van der Waals surface area contributed by atoms with Crippen molar-refractivity contribution in [3.05, 3.63) is 29.3 Å². The van der Waals surface area contributed by atoms with Crippen LogP contribution in [-0.4, -0.2) is 24.8 Å². The first-order valence-corrected chi connectivity index (χ1v) is 6.84. The molecule has 0 atom stereocenters. The lowest BCUT2D eigenvalue weighted by Crippen LogP contribution is -2.28. The third kappa shape index (κ3) is 2.84. The van der Waals surface area contributed by atoms with E-state index in [2.05, 4.69) is 0 Å². The molecule has 2 rings (SSSR count). The van der Waals surface area contributed by atoms with Crippen molar-refractivity contribution < 1.29 is 9.59 Å². The normalized spacial score (nSPS) is 13.5. The maximum atomic E-state index is 12.0. The largest absolute Gasteiger partial charge is 0.330 e. The van der Waals surface area contributed by atoms with Gasteiger partial charge in [-0.05, 0) is 43.1 Å². The van der Waals surface area contributed by atoms with Crippen molar-refractivity contribution in [3.8, 4) is 0 Å². The van der Waals surface area contributed by atoms with Crippen molar-refractivity contribution in [1.82, 2.24) is 0 Å². The molecule has 4 heteroatoms. The van der Waals surface area contributed by atoms with Gasteiger partial charge in [0.25, 0.3) is 0 Å². The van der Waals surface area contributed by atoms with Gasteiger partial charge in [0.1, 0.15) is 0 Å². The molecular formula is C15H20N2O2. The zero-order valence-electron chi connectivity index (χ0n) is 11.3. The number of anilines is 1. The van der Waals surface area contributed by atoms with Crippen LogP contribution in [-0.2, 0) is 11.2 Å². The Hall–Kier alpha value is -1.68. The molecule has 0 saturated carbocycles. The Kier molecular flexibility index (Phi) is 4.32. The maximum Gasteiger partial charge on any atom is 0.226 e. The molecule has 1 aromatic rings. The summed E-state index contributed by atoms with van der Waals surface area (Å²) in [5, 5.41) is 0. The number of fused-ring (bicyclic) bond motifs is 1. The van der Waals surface area contributed by atoms with Crippen LogP contribution in [0.1, 0.15) is 42.1 Å². The average molecular weight is 260 g/mol. The van der Waals surface area contributed by atoms with Gasteiger partial charge >= 0.3 is 0 Å². The number of Topliss-reactive ketones (excluding diaryl/α,β-unsaturated/α-hetero) is 1. The van der Waals surface area contributed by atoms with E-state index < -0.39 is 0 Å². The van der Waals surface area contributed by atoms with Gasteiger partial charge in [-0.15, -0.1) is 0 Å². The number of carbonyl (C=O) groups excluding carboxylic acids is 2. The smallest absolute Gasteiger partial charge is 0.226 e. The molecule has 1 aromatic carbocycles. The van der Waals surface area contributed by atoms with E-state index in [1.54, 1.807) is 6.07 Å². The first-order valence-electron chi connectivity index (χ1n) is 6.84. The predicted octanol–water partition coefficient (Wildman–Crippen LogP) is 1.91. The SMILES string of the molecule is CCCC(=O)N1CCc2cc(C(=O)CCN)ccc21. The van der Waals surface area contributed by atoms with Crippen LogP contribution >= 0.6 is 0 Å². The van der Waals surface area contributed by atoms with Gasteiger partial charge in [-0.3, -0.25) is 9.59 Å². The number of ketones is 1. The molecule has 1 heterocycles. The van der Waals surface area contributed by atoms with Crippen molar-refractivity contribution in [2.45, 2.75) is 32.6 Å². The number of amides is 1. The third-order valence-corrected chi connectivity index (χ3v) is 3.43. The summed E-state index contributed by atoms with van der Waals surface area (Å²) in [5.74, 6) is 0.242. The fourth-order valence-electron chi connectivity index (χ4n) is 2.46. The second-order valence-corrected chi connectivity index (χ2v) is 4.85. The molecule has 2 N–H and O–H groups in total.